The SMILES string of the molecule is CCCCCCNCc1cc(Cl)c(OCc2cccs2)c(OC)c1.Cl. The molecule has 0 fully saturated rings. The van der Waals surface area contributed by atoms with Crippen LogP contribution in [0.3, 0.4) is 0 Å². The summed E-state index contributed by atoms with van der Waals surface area (Å²) in [6, 6.07) is 8.00. The van der Waals surface area contributed by atoms with Crippen molar-refractivity contribution >= 4 is 35.3 Å². The van der Waals surface area contributed by atoms with Crippen LogP contribution >= 0.6 is 35.3 Å². The normalized spacial score (nSPS) is 10.4. The highest BCUT2D eigenvalue weighted by molar-refractivity contribution is 7.09. The van der Waals surface area contributed by atoms with Crippen molar-refractivity contribution in [3.63, 3.8) is 0 Å². The van der Waals surface area contributed by atoms with Crippen LogP contribution < -0.4 is 14.8 Å². The van der Waals surface area contributed by atoms with Crippen LogP contribution in [-0.4, -0.2) is 13.7 Å². The number of hydrogen-bond acceptors (Lipinski definition) is 4. The lowest BCUT2D eigenvalue weighted by atomic mass is 10.2. The van der Waals surface area contributed by atoms with Crippen LogP contribution in [0.25, 0.3) is 0 Å². The summed E-state index contributed by atoms with van der Waals surface area (Å²) >= 11 is 8.07. The quantitative estimate of drug-likeness (QED) is 0.461. The fourth-order valence-electron chi connectivity index (χ4n) is 2.46. The van der Waals surface area contributed by atoms with E-state index in [0.29, 0.717) is 23.1 Å². The molecule has 0 unspecified atom stereocenters. The number of hydrogen-bond donors (Lipinski definition) is 1. The number of unbranched alkanes of at least 4 members (excludes halogenated alkanes) is 3. The summed E-state index contributed by atoms with van der Waals surface area (Å²) in [4.78, 5) is 1.16. The highest BCUT2D eigenvalue weighted by Gasteiger charge is 2.12. The van der Waals surface area contributed by atoms with Crippen LogP contribution in [0.4, 0.5) is 0 Å². The molecule has 0 bridgehead atoms. The summed E-state index contributed by atoms with van der Waals surface area (Å²) in [7, 11) is 1.64. The van der Waals surface area contributed by atoms with Gasteiger partial charge >= 0.3 is 0 Å². The zero-order valence-electron chi connectivity index (χ0n) is 14.8. The minimum Gasteiger partial charge on any atom is -0.493 e. The Balaban J connectivity index is 0.00000312. The first kappa shape index (κ1) is 22.1. The van der Waals surface area contributed by atoms with Gasteiger partial charge in [-0.3, -0.25) is 0 Å². The van der Waals surface area contributed by atoms with E-state index in [-0.39, 0.29) is 12.4 Å². The Morgan fingerprint density at radius 2 is 2.04 bits per heavy atom. The van der Waals surface area contributed by atoms with Gasteiger partial charge in [0, 0.05) is 11.4 Å². The lowest BCUT2D eigenvalue weighted by Crippen LogP contribution is -2.14. The van der Waals surface area contributed by atoms with E-state index in [4.69, 9.17) is 21.1 Å². The number of halogens is 2. The topological polar surface area (TPSA) is 30.5 Å². The van der Waals surface area contributed by atoms with Crippen molar-refractivity contribution in [1.29, 1.82) is 0 Å². The number of methoxy groups -OCH3 is 1. The van der Waals surface area contributed by atoms with Gasteiger partial charge in [-0.1, -0.05) is 43.9 Å². The molecule has 1 aromatic carbocycles. The van der Waals surface area contributed by atoms with Crippen LogP contribution in [0.2, 0.25) is 5.02 Å². The second-order valence-electron chi connectivity index (χ2n) is 5.71. The molecule has 0 aliphatic heterocycles. The fraction of sp³-hybridized carbons (Fsp3) is 0.474. The molecule has 0 amide bonds. The van der Waals surface area contributed by atoms with Crippen molar-refractivity contribution < 1.29 is 9.47 Å². The van der Waals surface area contributed by atoms with Gasteiger partial charge in [-0.2, -0.15) is 0 Å². The first-order chi connectivity index (χ1) is 11.7. The smallest absolute Gasteiger partial charge is 0.180 e. The minimum absolute atomic E-state index is 0. The summed E-state index contributed by atoms with van der Waals surface area (Å²) < 4.78 is 11.3. The highest BCUT2D eigenvalue weighted by Crippen LogP contribution is 2.37. The molecule has 3 nitrogen and oxygen atoms in total. The van der Waals surface area contributed by atoms with Crippen molar-refractivity contribution in [1.82, 2.24) is 5.32 Å². The average Bonchev–Trinajstić information content (AvgIpc) is 3.10. The standard InChI is InChI=1S/C19H26ClNO2S.ClH/c1-3-4-5-6-9-21-13-15-11-17(20)19(18(12-15)22-2)23-14-16-8-7-10-24-16;/h7-8,10-12,21H,3-6,9,13-14H2,1-2H3;1H. The first-order valence-corrected chi connectivity index (χ1v) is 9.72. The maximum absolute atomic E-state index is 6.41. The highest BCUT2D eigenvalue weighted by atomic mass is 35.5. The average molecular weight is 404 g/mol. The lowest BCUT2D eigenvalue weighted by molar-refractivity contribution is 0.287. The maximum atomic E-state index is 6.41. The van der Waals surface area contributed by atoms with E-state index in [1.165, 1.54) is 25.7 Å². The summed E-state index contributed by atoms with van der Waals surface area (Å²) in [5.41, 5.74) is 1.11. The van der Waals surface area contributed by atoms with Crippen molar-refractivity contribution in [2.45, 2.75) is 45.8 Å². The van der Waals surface area contributed by atoms with Crippen molar-refractivity contribution in [3.8, 4) is 11.5 Å². The van der Waals surface area contributed by atoms with E-state index < -0.39 is 0 Å². The van der Waals surface area contributed by atoms with Crippen LogP contribution in [-0.2, 0) is 13.2 Å². The second kappa shape index (κ2) is 12.4. The Labute approximate surface area is 166 Å². The molecular formula is C19H27Cl2NO2S. The molecule has 0 aliphatic rings. The Morgan fingerprint density at radius 3 is 2.72 bits per heavy atom. The molecule has 0 radical (unpaired) electrons. The fourth-order valence-corrected chi connectivity index (χ4v) is 3.37. The van der Waals surface area contributed by atoms with Gasteiger partial charge in [0.25, 0.3) is 0 Å². The van der Waals surface area contributed by atoms with E-state index in [1.54, 1.807) is 18.4 Å². The van der Waals surface area contributed by atoms with Gasteiger partial charge in [0.15, 0.2) is 11.5 Å². The van der Waals surface area contributed by atoms with Gasteiger partial charge in [0.2, 0.25) is 0 Å². The monoisotopic (exact) mass is 403 g/mol. The zero-order valence-corrected chi connectivity index (χ0v) is 17.2. The molecule has 2 rings (SSSR count). The van der Waals surface area contributed by atoms with Crippen LogP contribution in [0.5, 0.6) is 11.5 Å². The molecule has 1 aromatic heterocycles. The van der Waals surface area contributed by atoms with Crippen LogP contribution in [0, 0.1) is 0 Å². The number of nitrogens with one attached hydrogen (secondary N) is 1. The van der Waals surface area contributed by atoms with E-state index in [0.717, 1.165) is 23.5 Å². The molecule has 0 atom stereocenters. The lowest BCUT2D eigenvalue weighted by Gasteiger charge is -2.14. The first-order valence-electron chi connectivity index (χ1n) is 8.47. The minimum atomic E-state index is 0. The molecule has 0 aliphatic carbocycles. The van der Waals surface area contributed by atoms with Crippen molar-refractivity contribution in [2.24, 2.45) is 0 Å². The number of ether oxygens (including phenoxy) is 2. The second-order valence-corrected chi connectivity index (χ2v) is 7.15. The molecule has 0 saturated heterocycles. The van der Waals surface area contributed by atoms with Crippen molar-refractivity contribution in [2.75, 3.05) is 13.7 Å². The Kier molecular flexibility index (Phi) is 11.0. The number of rotatable bonds is 11. The zero-order chi connectivity index (χ0) is 17.2. The maximum Gasteiger partial charge on any atom is 0.180 e. The van der Waals surface area contributed by atoms with E-state index >= 15 is 0 Å². The summed E-state index contributed by atoms with van der Waals surface area (Å²) in [5.74, 6) is 1.29. The Hall–Kier alpha value is -0.940. The molecule has 0 saturated carbocycles. The largest absolute Gasteiger partial charge is 0.493 e. The molecule has 2 aromatic rings. The predicted molar refractivity (Wildman–Crippen MR) is 110 cm³/mol. The number of thiophene rings is 1. The van der Waals surface area contributed by atoms with E-state index in [9.17, 15) is 0 Å². The molecule has 140 valence electrons. The molecule has 25 heavy (non-hydrogen) atoms. The van der Waals surface area contributed by atoms with Crippen molar-refractivity contribution in [3.05, 3.63) is 45.1 Å². The van der Waals surface area contributed by atoms with E-state index in [1.807, 2.05) is 29.6 Å². The number of benzene rings is 1. The van der Waals surface area contributed by atoms with Gasteiger partial charge in [0.1, 0.15) is 6.61 Å². The van der Waals surface area contributed by atoms with Crippen LogP contribution in [0.1, 0.15) is 43.0 Å². The van der Waals surface area contributed by atoms with Gasteiger partial charge in [-0.25, -0.2) is 0 Å². The molecular weight excluding hydrogens is 377 g/mol. The summed E-state index contributed by atoms with van der Waals surface area (Å²) in [5, 5.41) is 6.09. The van der Waals surface area contributed by atoms with Gasteiger partial charge < -0.3 is 14.8 Å². The Morgan fingerprint density at radius 1 is 1.20 bits per heavy atom. The molecule has 6 heteroatoms. The Bertz CT molecular complexity index is 606. The third-order valence-corrected chi connectivity index (χ3v) is 4.89. The molecule has 0 spiro atoms. The summed E-state index contributed by atoms with van der Waals surface area (Å²) in [6.07, 6.45) is 5.06. The predicted octanol–water partition coefficient (Wildman–Crippen LogP) is 6.08. The van der Waals surface area contributed by atoms with E-state index in [2.05, 4.69) is 12.2 Å². The third-order valence-electron chi connectivity index (χ3n) is 3.76. The van der Waals surface area contributed by atoms with Gasteiger partial charge in [-0.05, 0) is 42.1 Å². The van der Waals surface area contributed by atoms with Crippen LogP contribution in [0.15, 0.2) is 29.6 Å². The third kappa shape index (κ3) is 7.45. The van der Waals surface area contributed by atoms with Gasteiger partial charge in [-0.15, -0.1) is 23.7 Å². The molecule has 1 heterocycles. The summed E-state index contributed by atoms with van der Waals surface area (Å²) in [6.45, 7) is 4.54. The molecule has 1 N–H and O–H groups in total. The van der Waals surface area contributed by atoms with Gasteiger partial charge in [0.05, 0.1) is 12.1 Å².